The quantitative estimate of drug-likeness (QED) is 0.835. The predicted octanol–water partition coefficient (Wildman–Crippen LogP) is 1.91. The number of piperidine rings is 1. The first-order chi connectivity index (χ1) is 9.17. The van der Waals surface area contributed by atoms with E-state index < -0.39 is 5.92 Å². The molecule has 0 spiro atoms. The average Bonchev–Trinajstić information content (AvgIpc) is 2.80. The van der Waals surface area contributed by atoms with E-state index in [1.165, 1.54) is 5.56 Å². The molecule has 0 radical (unpaired) electrons. The Morgan fingerprint density at radius 3 is 3.00 bits per heavy atom. The number of aryl methyl sites for hydroxylation is 1. The van der Waals surface area contributed by atoms with E-state index in [-0.39, 0.29) is 11.8 Å². The number of hydrogen-bond donors (Lipinski definition) is 1. The van der Waals surface area contributed by atoms with Crippen LogP contribution in [-0.2, 0) is 16.0 Å². The van der Waals surface area contributed by atoms with Gasteiger partial charge in [0.2, 0.25) is 17.7 Å². The normalized spacial score (nSPS) is 19.7. The molecule has 1 saturated heterocycles. The summed E-state index contributed by atoms with van der Waals surface area (Å²) in [6, 6.07) is 5.83. The van der Waals surface area contributed by atoms with Crippen molar-refractivity contribution in [2.24, 2.45) is 0 Å². The van der Waals surface area contributed by atoms with Crippen molar-refractivity contribution in [2.75, 3.05) is 0 Å². The molecule has 0 bridgehead atoms. The molecule has 1 aromatic carbocycles. The maximum absolute atomic E-state index is 11.8. The number of amides is 2. The van der Waals surface area contributed by atoms with Gasteiger partial charge in [0.15, 0.2) is 5.58 Å². The first-order valence-corrected chi connectivity index (χ1v) is 6.40. The molecule has 1 aromatic heterocycles. The Hall–Kier alpha value is -2.17. The summed E-state index contributed by atoms with van der Waals surface area (Å²) in [5.74, 6) is -0.618. The fourth-order valence-corrected chi connectivity index (χ4v) is 2.29. The standard InChI is InChI=1S/C14H14N2O3/c1-2-8-3-5-11-10(7-8)15-14(19-11)9-4-6-12(17)16-13(9)18/h3,5,7,9H,2,4,6H2,1H3,(H,16,17,18). The highest BCUT2D eigenvalue weighted by molar-refractivity contribution is 6.00. The highest BCUT2D eigenvalue weighted by Gasteiger charge is 2.31. The molecule has 98 valence electrons. The molecule has 19 heavy (non-hydrogen) atoms. The lowest BCUT2D eigenvalue weighted by atomic mass is 9.98. The molecule has 5 heteroatoms. The first kappa shape index (κ1) is 11.9. The summed E-state index contributed by atoms with van der Waals surface area (Å²) in [5, 5.41) is 2.32. The minimum atomic E-state index is -0.463. The van der Waals surface area contributed by atoms with Gasteiger partial charge in [-0.2, -0.15) is 0 Å². The smallest absolute Gasteiger partial charge is 0.239 e. The lowest BCUT2D eigenvalue weighted by Crippen LogP contribution is -2.39. The lowest BCUT2D eigenvalue weighted by Gasteiger charge is -2.17. The molecular formula is C14H14N2O3. The van der Waals surface area contributed by atoms with Gasteiger partial charge in [-0.15, -0.1) is 0 Å². The molecule has 3 rings (SSSR count). The summed E-state index contributed by atoms with van der Waals surface area (Å²) in [7, 11) is 0. The van der Waals surface area contributed by atoms with Gasteiger partial charge in [-0.3, -0.25) is 14.9 Å². The summed E-state index contributed by atoms with van der Waals surface area (Å²) in [5.41, 5.74) is 2.62. The average molecular weight is 258 g/mol. The second-order valence-corrected chi connectivity index (χ2v) is 4.71. The van der Waals surface area contributed by atoms with Crippen LogP contribution in [-0.4, -0.2) is 16.8 Å². The molecule has 5 nitrogen and oxygen atoms in total. The van der Waals surface area contributed by atoms with E-state index in [1.54, 1.807) is 0 Å². The number of aromatic nitrogens is 1. The fraction of sp³-hybridized carbons (Fsp3) is 0.357. The number of carbonyl (C=O) groups excluding carboxylic acids is 2. The van der Waals surface area contributed by atoms with Crippen molar-refractivity contribution < 1.29 is 14.0 Å². The number of oxazole rings is 1. The van der Waals surface area contributed by atoms with E-state index in [0.717, 1.165) is 11.9 Å². The van der Waals surface area contributed by atoms with Gasteiger partial charge in [0.25, 0.3) is 0 Å². The van der Waals surface area contributed by atoms with Gasteiger partial charge in [-0.1, -0.05) is 13.0 Å². The second-order valence-electron chi connectivity index (χ2n) is 4.71. The molecule has 1 aliphatic rings. The number of hydrogen-bond acceptors (Lipinski definition) is 4. The van der Waals surface area contributed by atoms with Crippen LogP contribution in [0.3, 0.4) is 0 Å². The summed E-state index contributed by atoms with van der Waals surface area (Å²) in [6.45, 7) is 2.07. The van der Waals surface area contributed by atoms with E-state index in [4.69, 9.17) is 4.42 Å². The number of benzene rings is 1. The molecule has 1 N–H and O–H groups in total. The third-order valence-corrected chi connectivity index (χ3v) is 3.41. The number of fused-ring (bicyclic) bond motifs is 1. The summed E-state index contributed by atoms with van der Waals surface area (Å²) in [6.07, 6.45) is 1.71. The van der Waals surface area contributed by atoms with Crippen LogP contribution in [0.5, 0.6) is 0 Å². The summed E-state index contributed by atoms with van der Waals surface area (Å²) < 4.78 is 5.63. The van der Waals surface area contributed by atoms with Crippen molar-refractivity contribution in [1.29, 1.82) is 0 Å². The summed E-state index contributed by atoms with van der Waals surface area (Å²) in [4.78, 5) is 27.3. The molecule has 1 aliphatic heterocycles. The number of nitrogens with one attached hydrogen (secondary N) is 1. The number of imide groups is 1. The van der Waals surface area contributed by atoms with Crippen LogP contribution in [0.4, 0.5) is 0 Å². The van der Waals surface area contributed by atoms with Gasteiger partial charge in [0.05, 0.1) is 0 Å². The molecule has 2 aromatic rings. The minimum Gasteiger partial charge on any atom is -0.440 e. The van der Waals surface area contributed by atoms with Crippen molar-refractivity contribution in [2.45, 2.75) is 32.1 Å². The fourth-order valence-electron chi connectivity index (χ4n) is 2.29. The molecule has 0 aliphatic carbocycles. The van der Waals surface area contributed by atoms with Gasteiger partial charge in [0.1, 0.15) is 11.4 Å². The Morgan fingerprint density at radius 2 is 2.26 bits per heavy atom. The van der Waals surface area contributed by atoms with Crippen LogP contribution >= 0.6 is 0 Å². The maximum atomic E-state index is 11.8. The van der Waals surface area contributed by atoms with Crippen LogP contribution in [0, 0.1) is 0 Å². The third-order valence-electron chi connectivity index (χ3n) is 3.41. The van der Waals surface area contributed by atoms with Crippen molar-refractivity contribution in [1.82, 2.24) is 10.3 Å². The van der Waals surface area contributed by atoms with E-state index in [1.807, 2.05) is 18.2 Å². The number of nitrogens with zero attached hydrogens (tertiary/aromatic N) is 1. The Kier molecular flexibility index (Phi) is 2.81. The molecule has 1 atom stereocenters. The maximum Gasteiger partial charge on any atom is 0.239 e. The van der Waals surface area contributed by atoms with Crippen LogP contribution in [0.1, 0.15) is 37.1 Å². The van der Waals surface area contributed by atoms with E-state index in [0.29, 0.717) is 24.3 Å². The molecule has 1 unspecified atom stereocenters. The monoisotopic (exact) mass is 258 g/mol. The molecule has 0 saturated carbocycles. The third kappa shape index (κ3) is 2.12. The zero-order chi connectivity index (χ0) is 13.4. The SMILES string of the molecule is CCc1ccc2oc(C3CCC(=O)NC3=O)nc2c1. The molecule has 2 amide bonds. The van der Waals surface area contributed by atoms with Crippen molar-refractivity contribution in [3.05, 3.63) is 29.7 Å². The van der Waals surface area contributed by atoms with Crippen LogP contribution < -0.4 is 5.32 Å². The van der Waals surface area contributed by atoms with E-state index in [9.17, 15) is 9.59 Å². The van der Waals surface area contributed by atoms with Crippen LogP contribution in [0.2, 0.25) is 0 Å². The van der Waals surface area contributed by atoms with Crippen molar-refractivity contribution in [3.8, 4) is 0 Å². The van der Waals surface area contributed by atoms with Crippen LogP contribution in [0.25, 0.3) is 11.1 Å². The van der Waals surface area contributed by atoms with Crippen LogP contribution in [0.15, 0.2) is 22.6 Å². The zero-order valence-electron chi connectivity index (χ0n) is 10.6. The second kappa shape index (κ2) is 4.50. The predicted molar refractivity (Wildman–Crippen MR) is 68.5 cm³/mol. The van der Waals surface area contributed by atoms with Gasteiger partial charge in [-0.25, -0.2) is 4.98 Å². The Morgan fingerprint density at radius 1 is 1.42 bits per heavy atom. The van der Waals surface area contributed by atoms with Gasteiger partial charge < -0.3 is 4.42 Å². The number of rotatable bonds is 2. The van der Waals surface area contributed by atoms with Gasteiger partial charge in [-0.05, 0) is 30.5 Å². The van der Waals surface area contributed by atoms with Crippen molar-refractivity contribution in [3.63, 3.8) is 0 Å². The highest BCUT2D eigenvalue weighted by atomic mass is 16.3. The van der Waals surface area contributed by atoms with E-state index in [2.05, 4.69) is 17.2 Å². The van der Waals surface area contributed by atoms with Crippen molar-refractivity contribution >= 4 is 22.9 Å². The minimum absolute atomic E-state index is 0.231. The van der Waals surface area contributed by atoms with Gasteiger partial charge in [0, 0.05) is 6.42 Å². The number of carbonyl (C=O) groups is 2. The lowest BCUT2D eigenvalue weighted by molar-refractivity contribution is -0.134. The zero-order valence-corrected chi connectivity index (χ0v) is 10.6. The Labute approximate surface area is 110 Å². The Balaban J connectivity index is 1.97. The largest absolute Gasteiger partial charge is 0.440 e. The first-order valence-electron chi connectivity index (χ1n) is 6.40. The molecular weight excluding hydrogens is 244 g/mol. The highest BCUT2D eigenvalue weighted by Crippen LogP contribution is 2.27. The topological polar surface area (TPSA) is 72.2 Å². The Bertz CT molecular complexity index is 660. The molecule has 2 heterocycles. The molecule has 1 fully saturated rings. The van der Waals surface area contributed by atoms with Gasteiger partial charge >= 0.3 is 0 Å². The summed E-state index contributed by atoms with van der Waals surface area (Å²) >= 11 is 0. The van der Waals surface area contributed by atoms with E-state index >= 15 is 0 Å².